The molecule has 7 rings (SSSR count). The predicted octanol–water partition coefficient (Wildman–Crippen LogP) is 2.83. The Morgan fingerprint density at radius 1 is 0.630 bits per heavy atom. The van der Waals surface area contributed by atoms with Crippen molar-refractivity contribution in [3.05, 3.63) is 119 Å². The first-order valence-corrected chi connectivity index (χ1v) is 15.3. The zero-order valence-corrected chi connectivity index (χ0v) is 25.0. The summed E-state index contributed by atoms with van der Waals surface area (Å²) in [5, 5.41) is 6.22. The van der Waals surface area contributed by atoms with Gasteiger partial charge in [-0.15, -0.1) is 0 Å². The molecule has 0 saturated heterocycles. The predicted molar refractivity (Wildman–Crippen MR) is 171 cm³/mol. The van der Waals surface area contributed by atoms with E-state index in [0.29, 0.717) is 23.0 Å². The fourth-order valence-electron chi connectivity index (χ4n) is 6.10. The van der Waals surface area contributed by atoms with Crippen molar-refractivity contribution in [3.63, 3.8) is 0 Å². The van der Waals surface area contributed by atoms with Crippen molar-refractivity contribution in [3.8, 4) is 34.2 Å². The minimum Gasteiger partial charge on any atom is -0.350 e. The Morgan fingerprint density at radius 3 is 1.46 bits per heavy atom. The van der Waals surface area contributed by atoms with Gasteiger partial charge in [0, 0.05) is 60.4 Å². The molecule has 2 aromatic carbocycles. The van der Waals surface area contributed by atoms with E-state index in [0.717, 1.165) is 36.8 Å². The second kappa shape index (κ2) is 12.3. The smallest absolute Gasteiger partial charge is 0.282 e. The molecule has 2 aromatic rings. The minimum atomic E-state index is -0.214. The number of nitrogens with zero attached hydrogens (tertiary/aromatic N) is 6. The van der Waals surface area contributed by atoms with E-state index in [1.807, 2.05) is 60.7 Å². The Labute approximate surface area is 263 Å². The SMILES string of the molecule is O=C(Cn1ccn2c(=O)c(-c3ccccc3)nc-2c1)N[C@H]1CCCC[C@@H]1NC(=O)Cn1ccn2c(=O)c(-c3ccccc3)nc-2c1. The van der Waals surface area contributed by atoms with Gasteiger partial charge >= 0.3 is 0 Å². The summed E-state index contributed by atoms with van der Waals surface area (Å²) in [4.78, 5) is 61.0. The summed E-state index contributed by atoms with van der Waals surface area (Å²) >= 11 is 0. The van der Waals surface area contributed by atoms with Crippen LogP contribution in [0.25, 0.3) is 34.2 Å². The maximum Gasteiger partial charge on any atom is 0.282 e. The second-order valence-corrected chi connectivity index (χ2v) is 11.6. The van der Waals surface area contributed by atoms with Crippen LogP contribution in [0.3, 0.4) is 0 Å². The zero-order chi connectivity index (χ0) is 31.6. The molecule has 0 spiro atoms. The summed E-state index contributed by atoms with van der Waals surface area (Å²) in [5.74, 6) is 0.519. The molecule has 4 aliphatic heterocycles. The molecule has 0 radical (unpaired) electrons. The lowest BCUT2D eigenvalue weighted by atomic mass is 9.90. The molecule has 232 valence electrons. The van der Waals surface area contributed by atoms with Gasteiger partial charge in [-0.05, 0) is 12.8 Å². The van der Waals surface area contributed by atoms with Crippen molar-refractivity contribution in [2.24, 2.45) is 0 Å². The molecule has 1 fully saturated rings. The van der Waals surface area contributed by atoms with Gasteiger partial charge in [0.2, 0.25) is 11.8 Å². The van der Waals surface area contributed by atoms with Gasteiger partial charge in [-0.2, -0.15) is 0 Å². The van der Waals surface area contributed by atoms with Gasteiger partial charge in [0.1, 0.15) is 24.5 Å². The van der Waals surface area contributed by atoms with Gasteiger partial charge in [-0.3, -0.25) is 28.3 Å². The van der Waals surface area contributed by atoms with E-state index in [9.17, 15) is 19.2 Å². The van der Waals surface area contributed by atoms with Crippen molar-refractivity contribution < 1.29 is 9.59 Å². The maximum atomic E-state index is 13.1. The van der Waals surface area contributed by atoms with Crippen molar-refractivity contribution in [2.75, 3.05) is 0 Å². The molecular formula is C34H32N8O4. The molecule has 2 amide bonds. The summed E-state index contributed by atoms with van der Waals surface area (Å²) in [7, 11) is 0. The molecule has 4 heterocycles. The molecule has 5 aliphatic rings. The number of amides is 2. The Morgan fingerprint density at radius 2 is 1.04 bits per heavy atom. The molecule has 0 unspecified atom stereocenters. The van der Waals surface area contributed by atoms with Crippen LogP contribution in [-0.2, 0) is 22.7 Å². The van der Waals surface area contributed by atoms with Crippen molar-refractivity contribution in [1.82, 2.24) is 38.9 Å². The molecular weight excluding hydrogens is 584 g/mol. The first-order valence-electron chi connectivity index (χ1n) is 15.3. The van der Waals surface area contributed by atoms with E-state index in [4.69, 9.17) is 0 Å². The number of carbonyl (C=O) groups excluding carboxylic acids is 2. The average molecular weight is 617 g/mol. The topological polar surface area (TPSA) is 138 Å². The van der Waals surface area contributed by atoms with Gasteiger partial charge in [0.15, 0.2) is 11.6 Å². The molecule has 1 aliphatic carbocycles. The fraction of sp³-hybridized carbons (Fsp3) is 0.235. The van der Waals surface area contributed by atoms with Gasteiger partial charge in [-0.25, -0.2) is 9.97 Å². The van der Waals surface area contributed by atoms with Gasteiger partial charge in [-0.1, -0.05) is 73.5 Å². The first kappa shape index (κ1) is 29.0. The number of imidazole rings is 2. The van der Waals surface area contributed by atoms with Crippen LogP contribution >= 0.6 is 0 Å². The lowest BCUT2D eigenvalue weighted by molar-refractivity contribution is -0.125. The third kappa shape index (κ3) is 5.84. The van der Waals surface area contributed by atoms with Crippen LogP contribution in [0.4, 0.5) is 0 Å². The standard InChI is InChI=1S/C34H32N8O4/c43-29(21-39-15-17-41-27(19-39)37-31(33(41)45)23-9-3-1-4-10-23)35-25-13-7-8-14-26(25)36-30(44)22-40-16-18-42-28(20-40)38-32(34(42)46)24-11-5-2-6-12-24/h1-6,9-12,15-20,25-26H,7-8,13-14,21-22H2,(H,35,43)(H,36,44)/t25-,26-/m0/s1. The molecule has 1 saturated carbocycles. The van der Waals surface area contributed by atoms with Crippen molar-refractivity contribution >= 4 is 11.8 Å². The van der Waals surface area contributed by atoms with Gasteiger partial charge < -0.3 is 19.8 Å². The second-order valence-electron chi connectivity index (χ2n) is 11.6. The highest BCUT2D eigenvalue weighted by molar-refractivity contribution is 5.78. The monoisotopic (exact) mass is 616 g/mol. The Kier molecular flexibility index (Phi) is 7.75. The summed E-state index contributed by atoms with van der Waals surface area (Å²) in [6.45, 7) is 0.0878. The summed E-state index contributed by atoms with van der Waals surface area (Å²) < 4.78 is 6.32. The van der Waals surface area contributed by atoms with Crippen LogP contribution in [0.15, 0.2) is 107 Å². The lowest BCUT2D eigenvalue weighted by Gasteiger charge is -2.33. The minimum absolute atomic E-state index is 0.0439. The van der Waals surface area contributed by atoms with Gasteiger partial charge in [0.05, 0.1) is 0 Å². The zero-order valence-electron chi connectivity index (χ0n) is 25.0. The Bertz CT molecular complexity index is 1910. The van der Waals surface area contributed by atoms with E-state index < -0.39 is 0 Å². The molecule has 2 N–H and O–H groups in total. The largest absolute Gasteiger partial charge is 0.350 e. The van der Waals surface area contributed by atoms with Crippen LogP contribution in [0, 0.1) is 0 Å². The average Bonchev–Trinajstić information content (AvgIpc) is 3.58. The summed E-state index contributed by atoms with van der Waals surface area (Å²) in [5.41, 5.74) is 1.76. The number of aromatic nitrogens is 6. The van der Waals surface area contributed by atoms with Crippen LogP contribution in [0.5, 0.6) is 0 Å². The number of hydrogen-bond acceptors (Lipinski definition) is 6. The molecule has 0 aromatic heterocycles. The van der Waals surface area contributed by atoms with E-state index in [1.165, 1.54) is 9.13 Å². The fourth-order valence-corrected chi connectivity index (χ4v) is 6.10. The molecule has 12 nitrogen and oxygen atoms in total. The lowest BCUT2D eigenvalue weighted by Crippen LogP contribution is -2.54. The highest BCUT2D eigenvalue weighted by Crippen LogP contribution is 2.20. The highest BCUT2D eigenvalue weighted by atomic mass is 16.2. The number of hydrogen-bond donors (Lipinski definition) is 2. The maximum absolute atomic E-state index is 13.1. The van der Waals surface area contributed by atoms with E-state index in [-0.39, 0.29) is 48.1 Å². The van der Waals surface area contributed by atoms with Gasteiger partial charge in [0.25, 0.3) is 11.1 Å². The number of carbonyl (C=O) groups is 2. The van der Waals surface area contributed by atoms with E-state index in [1.54, 1.807) is 46.3 Å². The van der Waals surface area contributed by atoms with E-state index in [2.05, 4.69) is 20.6 Å². The number of benzene rings is 2. The summed E-state index contributed by atoms with van der Waals surface area (Å²) in [6, 6.07) is 18.1. The molecule has 46 heavy (non-hydrogen) atoms. The third-order valence-corrected chi connectivity index (χ3v) is 8.37. The number of rotatable bonds is 8. The van der Waals surface area contributed by atoms with E-state index >= 15 is 0 Å². The Balaban J connectivity index is 0.994. The summed E-state index contributed by atoms with van der Waals surface area (Å²) in [6.07, 6.45) is 13.4. The highest BCUT2D eigenvalue weighted by Gasteiger charge is 2.28. The van der Waals surface area contributed by atoms with Crippen LogP contribution in [0.2, 0.25) is 0 Å². The molecule has 2 atom stereocenters. The molecule has 0 bridgehead atoms. The number of fused-ring (bicyclic) bond motifs is 2. The van der Waals surface area contributed by atoms with Crippen molar-refractivity contribution in [1.29, 1.82) is 0 Å². The Hall–Kier alpha value is -5.78. The van der Waals surface area contributed by atoms with Crippen LogP contribution in [0.1, 0.15) is 25.7 Å². The number of nitrogens with one attached hydrogen (secondary N) is 2. The third-order valence-electron chi connectivity index (χ3n) is 8.37. The molecule has 12 heteroatoms. The van der Waals surface area contributed by atoms with Crippen LogP contribution in [-0.4, -0.2) is 52.1 Å². The normalized spacial score (nSPS) is 16.4. The van der Waals surface area contributed by atoms with Crippen molar-refractivity contribution in [2.45, 2.75) is 50.9 Å². The quantitative estimate of drug-likeness (QED) is 0.270. The first-order chi connectivity index (χ1) is 22.4. The van der Waals surface area contributed by atoms with Crippen LogP contribution < -0.4 is 21.8 Å².